The summed E-state index contributed by atoms with van der Waals surface area (Å²) in [7, 11) is 0. The van der Waals surface area contributed by atoms with Gasteiger partial charge in [0.05, 0.1) is 12.7 Å². The Balaban J connectivity index is 1.35. The predicted octanol–water partition coefficient (Wildman–Crippen LogP) is 10.4. The maximum absolute atomic E-state index is 11.4. The zero-order valence-electron chi connectivity index (χ0n) is 38.6. The molecular formula is C50H90N4O2. The quantitative estimate of drug-likeness (QED) is 0.142. The lowest BCUT2D eigenvalue weighted by molar-refractivity contribution is -0.112. The molecule has 322 valence electrons. The predicted molar refractivity (Wildman–Crippen MR) is 240 cm³/mol. The van der Waals surface area contributed by atoms with Crippen LogP contribution in [0.3, 0.4) is 0 Å². The van der Waals surface area contributed by atoms with E-state index >= 15 is 0 Å². The first-order valence-corrected chi connectivity index (χ1v) is 24.0. The molecule has 1 aromatic carbocycles. The Morgan fingerprint density at radius 2 is 1.52 bits per heavy atom. The summed E-state index contributed by atoms with van der Waals surface area (Å²) in [4.78, 5) is 10.6. The van der Waals surface area contributed by atoms with Crippen molar-refractivity contribution in [1.29, 1.82) is 0 Å². The SMILES string of the molecule is CC(C)CCCN1CC2(CCN(C(O)C(C)C)CC2c2cc(N3CCC(CCC(C)C)C(CC(C)CC[C@H]4CN(CC(C)C)CCO4)C3)ccc2CC(C)C)C1. The van der Waals surface area contributed by atoms with E-state index in [1.165, 1.54) is 103 Å². The largest absolute Gasteiger partial charge is 0.378 e. The topological polar surface area (TPSA) is 42.4 Å². The zero-order chi connectivity index (χ0) is 40.6. The molecule has 0 amide bonds. The fourth-order valence-electron chi connectivity index (χ4n) is 11.2. The van der Waals surface area contributed by atoms with Gasteiger partial charge in [0.2, 0.25) is 0 Å². The fraction of sp³-hybridized carbons (Fsp3) is 0.880. The van der Waals surface area contributed by atoms with Crippen LogP contribution in [0.2, 0.25) is 0 Å². The van der Waals surface area contributed by atoms with Gasteiger partial charge in [0.1, 0.15) is 6.23 Å². The molecular weight excluding hydrogens is 689 g/mol. The average molecular weight is 779 g/mol. The second-order valence-corrected chi connectivity index (χ2v) is 21.8. The second-order valence-electron chi connectivity index (χ2n) is 21.8. The Morgan fingerprint density at radius 3 is 2.20 bits per heavy atom. The van der Waals surface area contributed by atoms with Gasteiger partial charge in [0.25, 0.3) is 0 Å². The van der Waals surface area contributed by atoms with Gasteiger partial charge in [-0.2, -0.15) is 0 Å². The van der Waals surface area contributed by atoms with Crippen molar-refractivity contribution in [2.24, 2.45) is 52.8 Å². The van der Waals surface area contributed by atoms with Gasteiger partial charge in [0, 0.05) is 75.9 Å². The third-order valence-corrected chi connectivity index (χ3v) is 14.4. The first-order valence-electron chi connectivity index (χ1n) is 24.0. The molecule has 0 saturated carbocycles. The van der Waals surface area contributed by atoms with Crippen LogP contribution in [0, 0.1) is 52.8 Å². The number of benzene rings is 1. The average Bonchev–Trinajstić information content (AvgIpc) is 3.12. The van der Waals surface area contributed by atoms with E-state index in [-0.39, 0.29) is 12.1 Å². The molecule has 6 atom stereocenters. The number of rotatable bonds is 20. The van der Waals surface area contributed by atoms with Crippen LogP contribution in [0.15, 0.2) is 18.2 Å². The summed E-state index contributed by atoms with van der Waals surface area (Å²) in [6, 6.07) is 7.70. The number of likely N-dealkylation sites (tertiary alicyclic amines) is 2. The van der Waals surface area contributed by atoms with Crippen molar-refractivity contribution in [2.75, 3.05) is 77.0 Å². The molecule has 6 nitrogen and oxygen atoms in total. The molecule has 5 rings (SSSR count). The number of ether oxygens (including phenoxy) is 1. The lowest BCUT2D eigenvalue weighted by Gasteiger charge is -2.59. The molecule has 6 heteroatoms. The maximum atomic E-state index is 11.4. The smallest absolute Gasteiger partial charge is 0.109 e. The summed E-state index contributed by atoms with van der Waals surface area (Å²) < 4.78 is 6.31. The standard InChI is InChI=1S/C50H90N4O2/c1-36(2)13-12-22-52-34-50(35-52)21-24-54(49(55)40(9)10)33-48(50)47-29-45(18-17-43(47)27-38(5)6)53-23-20-42(16-14-37(3)4)44(31-53)28-41(11)15-19-46-32-51(25-26-56-46)30-39(7)8/h17-18,29,36-42,44,46,48-49,55H,12-16,19-28,30-35H2,1-11H3/t41?,42?,44?,46-,48?,49?/m0/s1. The minimum absolute atomic E-state index is 0.242. The molecule has 4 fully saturated rings. The highest BCUT2D eigenvalue weighted by Crippen LogP contribution is 2.51. The van der Waals surface area contributed by atoms with Gasteiger partial charge < -0.3 is 19.6 Å². The van der Waals surface area contributed by atoms with Gasteiger partial charge in [-0.3, -0.25) is 9.80 Å². The summed E-state index contributed by atoms with van der Waals surface area (Å²) in [6.45, 7) is 38.2. The Morgan fingerprint density at radius 1 is 0.768 bits per heavy atom. The summed E-state index contributed by atoms with van der Waals surface area (Å²) >= 11 is 0. The highest BCUT2D eigenvalue weighted by Gasteiger charge is 2.52. The third-order valence-electron chi connectivity index (χ3n) is 14.4. The van der Waals surface area contributed by atoms with Crippen LogP contribution < -0.4 is 4.90 Å². The number of hydrogen-bond acceptors (Lipinski definition) is 6. The lowest BCUT2D eigenvalue weighted by Crippen LogP contribution is -2.65. The Kier molecular flexibility index (Phi) is 17.5. The van der Waals surface area contributed by atoms with Crippen molar-refractivity contribution in [1.82, 2.24) is 14.7 Å². The van der Waals surface area contributed by atoms with Crippen LogP contribution in [0.4, 0.5) is 5.69 Å². The van der Waals surface area contributed by atoms with Gasteiger partial charge in [-0.05, 0) is 135 Å². The van der Waals surface area contributed by atoms with E-state index in [4.69, 9.17) is 4.74 Å². The normalized spacial score (nSPS) is 26.6. The van der Waals surface area contributed by atoms with E-state index in [0.717, 1.165) is 74.7 Å². The lowest BCUT2D eigenvalue weighted by atomic mass is 9.61. The zero-order valence-corrected chi connectivity index (χ0v) is 38.6. The molecule has 56 heavy (non-hydrogen) atoms. The van der Waals surface area contributed by atoms with E-state index in [0.29, 0.717) is 23.4 Å². The summed E-state index contributed by atoms with van der Waals surface area (Å²) in [6.07, 6.45) is 12.8. The van der Waals surface area contributed by atoms with Gasteiger partial charge in [0.15, 0.2) is 0 Å². The molecule has 5 unspecified atom stereocenters. The summed E-state index contributed by atoms with van der Waals surface area (Å²) in [5, 5.41) is 11.4. The minimum atomic E-state index is -0.370. The summed E-state index contributed by atoms with van der Waals surface area (Å²) in [5.74, 6) is 5.87. The molecule has 4 saturated heterocycles. The first kappa shape index (κ1) is 45.9. The molecule has 4 heterocycles. The number of aliphatic hydroxyl groups excluding tert-OH is 1. The van der Waals surface area contributed by atoms with Crippen molar-refractivity contribution in [3.8, 4) is 0 Å². The van der Waals surface area contributed by atoms with Crippen molar-refractivity contribution in [2.45, 2.75) is 159 Å². The Labute approximate surface area is 346 Å². The van der Waals surface area contributed by atoms with E-state index < -0.39 is 0 Å². The molecule has 4 aliphatic heterocycles. The van der Waals surface area contributed by atoms with Crippen LogP contribution >= 0.6 is 0 Å². The summed E-state index contributed by atoms with van der Waals surface area (Å²) in [5.41, 5.74) is 4.93. The first-order chi connectivity index (χ1) is 26.6. The number of nitrogens with zero attached hydrogens (tertiary/aromatic N) is 4. The van der Waals surface area contributed by atoms with E-state index in [1.54, 1.807) is 11.1 Å². The monoisotopic (exact) mass is 779 g/mol. The van der Waals surface area contributed by atoms with Crippen LogP contribution in [0.1, 0.15) is 151 Å². The van der Waals surface area contributed by atoms with Crippen molar-refractivity contribution in [3.05, 3.63) is 29.3 Å². The molecule has 1 N–H and O–H groups in total. The Hall–Kier alpha value is -1.18. The molecule has 1 aromatic rings. The van der Waals surface area contributed by atoms with Gasteiger partial charge >= 0.3 is 0 Å². The highest BCUT2D eigenvalue weighted by molar-refractivity contribution is 5.53. The van der Waals surface area contributed by atoms with Crippen molar-refractivity contribution in [3.63, 3.8) is 0 Å². The number of morpholine rings is 1. The van der Waals surface area contributed by atoms with E-state index in [2.05, 4.69) is 114 Å². The maximum Gasteiger partial charge on any atom is 0.109 e. The molecule has 1 spiro atoms. The van der Waals surface area contributed by atoms with Crippen LogP contribution in [0.25, 0.3) is 0 Å². The molecule has 0 aromatic heterocycles. The number of anilines is 1. The van der Waals surface area contributed by atoms with E-state index in [9.17, 15) is 5.11 Å². The van der Waals surface area contributed by atoms with Gasteiger partial charge in [-0.1, -0.05) is 88.6 Å². The third kappa shape index (κ3) is 12.9. The van der Waals surface area contributed by atoms with E-state index in [1.807, 2.05) is 0 Å². The molecule has 0 bridgehead atoms. The van der Waals surface area contributed by atoms with Gasteiger partial charge in [-0.25, -0.2) is 0 Å². The van der Waals surface area contributed by atoms with Crippen LogP contribution in [-0.4, -0.2) is 104 Å². The number of piperidine rings is 2. The number of aliphatic hydroxyl groups is 1. The second kappa shape index (κ2) is 21.4. The van der Waals surface area contributed by atoms with Crippen molar-refractivity contribution >= 4 is 5.69 Å². The van der Waals surface area contributed by atoms with Crippen LogP contribution in [-0.2, 0) is 11.2 Å². The number of hydrogen-bond donors (Lipinski definition) is 1. The van der Waals surface area contributed by atoms with Gasteiger partial charge in [-0.15, -0.1) is 0 Å². The molecule has 0 radical (unpaired) electrons. The molecule has 0 aliphatic carbocycles. The minimum Gasteiger partial charge on any atom is -0.378 e. The van der Waals surface area contributed by atoms with Crippen molar-refractivity contribution < 1.29 is 9.84 Å². The highest BCUT2D eigenvalue weighted by atomic mass is 16.5. The fourth-order valence-corrected chi connectivity index (χ4v) is 11.2. The Bertz CT molecular complexity index is 1290. The molecule has 4 aliphatic rings. The van der Waals surface area contributed by atoms with Crippen LogP contribution in [0.5, 0.6) is 0 Å².